The zero-order valence-corrected chi connectivity index (χ0v) is 11.6. The molecule has 112 valence electrons. The van der Waals surface area contributed by atoms with Gasteiger partial charge < -0.3 is 18.9 Å². The standard InChI is InChI=1S/C14H16N2O5/c1-14(20-4-5-21-14)7-13(17)16-15-8-10-2-3-11-12(6-10)19-9-18-11/h2-3,6,8H,4-5,7,9H2,1H3,(H,16,17)/b15-8-. The number of carbonyl (C=O) groups is 1. The van der Waals surface area contributed by atoms with E-state index in [-0.39, 0.29) is 19.1 Å². The third-order valence-electron chi connectivity index (χ3n) is 3.18. The number of nitrogens with zero attached hydrogens (tertiary/aromatic N) is 1. The average Bonchev–Trinajstić information content (AvgIpc) is 3.07. The lowest BCUT2D eigenvalue weighted by Crippen LogP contribution is -2.33. The van der Waals surface area contributed by atoms with Gasteiger partial charge in [-0.1, -0.05) is 0 Å². The molecule has 1 aromatic rings. The van der Waals surface area contributed by atoms with Crippen molar-refractivity contribution in [2.75, 3.05) is 20.0 Å². The molecular weight excluding hydrogens is 276 g/mol. The highest BCUT2D eigenvalue weighted by molar-refractivity contribution is 5.83. The molecule has 0 radical (unpaired) electrons. The summed E-state index contributed by atoms with van der Waals surface area (Å²) in [5.74, 6) is 0.264. The van der Waals surface area contributed by atoms with E-state index >= 15 is 0 Å². The zero-order chi connectivity index (χ0) is 14.7. The Morgan fingerprint density at radius 1 is 1.33 bits per heavy atom. The summed E-state index contributed by atoms with van der Waals surface area (Å²) in [7, 11) is 0. The largest absolute Gasteiger partial charge is 0.454 e. The predicted octanol–water partition coefficient (Wildman–Crippen LogP) is 1.02. The Labute approximate surface area is 121 Å². The first-order valence-electron chi connectivity index (χ1n) is 6.64. The van der Waals surface area contributed by atoms with E-state index < -0.39 is 5.79 Å². The van der Waals surface area contributed by atoms with Crippen molar-refractivity contribution in [1.29, 1.82) is 0 Å². The molecule has 2 aliphatic rings. The molecule has 7 nitrogen and oxygen atoms in total. The molecule has 1 N–H and O–H groups in total. The number of benzene rings is 1. The minimum absolute atomic E-state index is 0.103. The number of hydrogen-bond donors (Lipinski definition) is 1. The van der Waals surface area contributed by atoms with Gasteiger partial charge in [0.25, 0.3) is 0 Å². The Bertz CT molecular complexity index is 566. The molecule has 2 heterocycles. The van der Waals surface area contributed by atoms with Crippen LogP contribution in [0.25, 0.3) is 0 Å². The summed E-state index contributed by atoms with van der Waals surface area (Å²) in [5.41, 5.74) is 3.25. The number of amides is 1. The third kappa shape index (κ3) is 3.32. The molecule has 2 aliphatic heterocycles. The Balaban J connectivity index is 1.53. The van der Waals surface area contributed by atoms with Gasteiger partial charge in [0.1, 0.15) is 0 Å². The van der Waals surface area contributed by atoms with Crippen LogP contribution >= 0.6 is 0 Å². The second-order valence-corrected chi connectivity index (χ2v) is 4.91. The van der Waals surface area contributed by atoms with Gasteiger partial charge in [0, 0.05) is 0 Å². The molecule has 0 aromatic heterocycles. The van der Waals surface area contributed by atoms with Gasteiger partial charge in [0.2, 0.25) is 12.7 Å². The van der Waals surface area contributed by atoms with Crippen LogP contribution in [0.4, 0.5) is 0 Å². The highest BCUT2D eigenvalue weighted by Gasteiger charge is 2.33. The van der Waals surface area contributed by atoms with E-state index in [0.29, 0.717) is 24.7 Å². The maximum absolute atomic E-state index is 11.8. The van der Waals surface area contributed by atoms with E-state index in [1.165, 1.54) is 0 Å². The Morgan fingerprint density at radius 2 is 2.10 bits per heavy atom. The lowest BCUT2D eigenvalue weighted by molar-refractivity contribution is -0.159. The first-order valence-corrected chi connectivity index (χ1v) is 6.64. The summed E-state index contributed by atoms with van der Waals surface area (Å²) in [6, 6.07) is 5.42. The summed E-state index contributed by atoms with van der Waals surface area (Å²) in [6.45, 7) is 2.97. The van der Waals surface area contributed by atoms with Gasteiger partial charge in [-0.25, -0.2) is 5.43 Å². The topological polar surface area (TPSA) is 78.4 Å². The van der Waals surface area contributed by atoms with Gasteiger partial charge in [0.15, 0.2) is 17.3 Å². The minimum Gasteiger partial charge on any atom is -0.454 e. The monoisotopic (exact) mass is 292 g/mol. The van der Waals surface area contributed by atoms with Gasteiger partial charge in [0.05, 0.1) is 25.8 Å². The van der Waals surface area contributed by atoms with Crippen molar-refractivity contribution in [1.82, 2.24) is 5.43 Å². The molecule has 0 bridgehead atoms. The van der Waals surface area contributed by atoms with Gasteiger partial charge in [-0.05, 0) is 30.7 Å². The van der Waals surface area contributed by atoms with Crippen LogP contribution in [-0.4, -0.2) is 37.9 Å². The van der Waals surface area contributed by atoms with E-state index in [9.17, 15) is 4.79 Å². The molecule has 0 unspecified atom stereocenters. The summed E-state index contributed by atoms with van der Waals surface area (Å²) in [5, 5.41) is 3.91. The second-order valence-electron chi connectivity index (χ2n) is 4.91. The molecule has 21 heavy (non-hydrogen) atoms. The van der Waals surface area contributed by atoms with Crippen LogP contribution in [0.2, 0.25) is 0 Å². The lowest BCUT2D eigenvalue weighted by atomic mass is 10.2. The fourth-order valence-corrected chi connectivity index (χ4v) is 2.16. The van der Waals surface area contributed by atoms with E-state index in [4.69, 9.17) is 18.9 Å². The minimum atomic E-state index is -0.849. The lowest BCUT2D eigenvalue weighted by Gasteiger charge is -2.20. The molecule has 1 aromatic carbocycles. The van der Waals surface area contributed by atoms with Gasteiger partial charge in [-0.3, -0.25) is 4.79 Å². The maximum Gasteiger partial charge on any atom is 0.245 e. The molecule has 0 spiro atoms. The SMILES string of the molecule is CC1(CC(=O)N/N=C\c2ccc3c(c2)OCO3)OCCO1. The van der Waals surface area contributed by atoms with Crippen molar-refractivity contribution in [2.45, 2.75) is 19.1 Å². The van der Waals surface area contributed by atoms with E-state index in [1.54, 1.807) is 25.3 Å². The highest BCUT2D eigenvalue weighted by atomic mass is 16.7. The van der Waals surface area contributed by atoms with Crippen LogP contribution in [0.15, 0.2) is 23.3 Å². The quantitative estimate of drug-likeness (QED) is 0.662. The maximum atomic E-state index is 11.8. The van der Waals surface area contributed by atoms with Crippen molar-refractivity contribution < 1.29 is 23.7 Å². The normalized spacial score (nSPS) is 19.1. The van der Waals surface area contributed by atoms with Crippen LogP contribution in [0.1, 0.15) is 18.9 Å². The molecule has 3 rings (SSSR count). The molecule has 0 saturated carbocycles. The fraction of sp³-hybridized carbons (Fsp3) is 0.429. The number of hydrazone groups is 1. The molecule has 1 saturated heterocycles. The molecule has 1 fully saturated rings. The number of hydrogen-bond acceptors (Lipinski definition) is 6. The summed E-state index contributed by atoms with van der Waals surface area (Å²) >= 11 is 0. The molecule has 7 heteroatoms. The van der Waals surface area contributed by atoms with Crippen molar-refractivity contribution >= 4 is 12.1 Å². The Hall–Kier alpha value is -2.12. The van der Waals surface area contributed by atoms with Crippen LogP contribution in [0.5, 0.6) is 11.5 Å². The van der Waals surface area contributed by atoms with Crippen molar-refractivity contribution in [2.24, 2.45) is 5.10 Å². The first-order chi connectivity index (χ1) is 10.1. The number of ether oxygens (including phenoxy) is 4. The summed E-state index contributed by atoms with van der Waals surface area (Å²) < 4.78 is 21.2. The van der Waals surface area contributed by atoms with Crippen LogP contribution in [0, 0.1) is 0 Å². The van der Waals surface area contributed by atoms with Crippen LogP contribution in [-0.2, 0) is 14.3 Å². The van der Waals surface area contributed by atoms with Crippen molar-refractivity contribution in [3.05, 3.63) is 23.8 Å². The number of rotatable bonds is 4. The number of carbonyl (C=O) groups excluding carboxylic acids is 1. The van der Waals surface area contributed by atoms with Crippen LogP contribution < -0.4 is 14.9 Å². The molecular formula is C14H16N2O5. The molecule has 0 aliphatic carbocycles. The molecule has 0 atom stereocenters. The number of fused-ring (bicyclic) bond motifs is 1. The Morgan fingerprint density at radius 3 is 2.90 bits per heavy atom. The summed E-state index contributed by atoms with van der Waals surface area (Å²) in [6.07, 6.45) is 1.64. The fourth-order valence-electron chi connectivity index (χ4n) is 2.16. The number of nitrogens with one attached hydrogen (secondary N) is 1. The van der Waals surface area contributed by atoms with Gasteiger partial charge >= 0.3 is 0 Å². The van der Waals surface area contributed by atoms with Crippen LogP contribution in [0.3, 0.4) is 0 Å². The smallest absolute Gasteiger partial charge is 0.245 e. The van der Waals surface area contributed by atoms with E-state index in [0.717, 1.165) is 5.56 Å². The Kier molecular flexibility index (Phi) is 3.76. The summed E-state index contributed by atoms with van der Waals surface area (Å²) in [4.78, 5) is 11.8. The van der Waals surface area contributed by atoms with Gasteiger partial charge in [-0.15, -0.1) is 0 Å². The van der Waals surface area contributed by atoms with E-state index in [1.807, 2.05) is 6.07 Å². The van der Waals surface area contributed by atoms with E-state index in [2.05, 4.69) is 10.5 Å². The van der Waals surface area contributed by atoms with Crippen molar-refractivity contribution in [3.8, 4) is 11.5 Å². The average molecular weight is 292 g/mol. The zero-order valence-electron chi connectivity index (χ0n) is 11.6. The van der Waals surface area contributed by atoms with Gasteiger partial charge in [-0.2, -0.15) is 5.10 Å². The second kappa shape index (κ2) is 5.71. The molecule has 1 amide bonds. The van der Waals surface area contributed by atoms with Crippen molar-refractivity contribution in [3.63, 3.8) is 0 Å². The first kappa shape index (κ1) is 13.8. The highest BCUT2D eigenvalue weighted by Crippen LogP contribution is 2.31. The predicted molar refractivity (Wildman–Crippen MR) is 73.2 cm³/mol. The third-order valence-corrected chi connectivity index (χ3v) is 3.18.